The lowest BCUT2D eigenvalue weighted by molar-refractivity contribution is -0.146. The Bertz CT molecular complexity index is 1100. The van der Waals surface area contributed by atoms with Crippen molar-refractivity contribution in [3.63, 3.8) is 0 Å². The average Bonchev–Trinajstić information content (AvgIpc) is 2.89. The molecule has 36 heavy (non-hydrogen) atoms. The highest BCUT2D eigenvalue weighted by atomic mass is 16.4. The molecule has 0 heterocycles. The van der Waals surface area contributed by atoms with Crippen molar-refractivity contribution in [2.45, 2.75) is 25.7 Å². The van der Waals surface area contributed by atoms with Crippen molar-refractivity contribution >= 4 is 35.1 Å². The number of aliphatic carboxylic acids is 2. The van der Waals surface area contributed by atoms with Gasteiger partial charge in [0, 0.05) is 11.4 Å². The predicted octanol–water partition coefficient (Wildman–Crippen LogP) is 4.56. The summed E-state index contributed by atoms with van der Waals surface area (Å²) in [5.41, 5.74) is 2.97. The number of allylic oxidation sites excluding steroid dienone is 4. The summed E-state index contributed by atoms with van der Waals surface area (Å²) in [5, 5.41) is 24.4. The number of carbonyl (C=O) groups is 4. The van der Waals surface area contributed by atoms with Gasteiger partial charge < -0.3 is 20.8 Å². The maximum absolute atomic E-state index is 12.7. The van der Waals surface area contributed by atoms with Gasteiger partial charge in [-0.05, 0) is 61.1 Å². The van der Waals surface area contributed by atoms with Crippen LogP contribution in [0.4, 0.5) is 11.4 Å². The molecule has 4 N–H and O–H groups in total. The van der Waals surface area contributed by atoms with Gasteiger partial charge in [-0.25, -0.2) is 0 Å². The maximum atomic E-state index is 12.7. The highest BCUT2D eigenvalue weighted by molar-refractivity contribution is 5.96. The van der Waals surface area contributed by atoms with Crippen LogP contribution in [-0.2, 0) is 19.2 Å². The molecule has 2 aliphatic rings. The Morgan fingerprint density at radius 3 is 1.14 bits per heavy atom. The third kappa shape index (κ3) is 5.71. The lowest BCUT2D eigenvalue weighted by Crippen LogP contribution is -2.34. The maximum Gasteiger partial charge on any atom is 0.307 e. The molecular weight excluding hydrogens is 460 g/mol. The lowest BCUT2D eigenvalue weighted by atomic mass is 9.82. The molecule has 8 heteroatoms. The van der Waals surface area contributed by atoms with Crippen molar-refractivity contribution < 1.29 is 29.4 Å². The third-order valence-corrected chi connectivity index (χ3v) is 6.81. The molecule has 8 nitrogen and oxygen atoms in total. The van der Waals surface area contributed by atoms with Crippen molar-refractivity contribution in [2.24, 2.45) is 23.7 Å². The van der Waals surface area contributed by atoms with Gasteiger partial charge in [0.15, 0.2) is 0 Å². The van der Waals surface area contributed by atoms with Crippen LogP contribution in [-0.4, -0.2) is 34.0 Å². The number of carboxylic acid groups (broad SMARTS) is 2. The second-order valence-corrected chi connectivity index (χ2v) is 9.12. The quantitative estimate of drug-likeness (QED) is 0.422. The van der Waals surface area contributed by atoms with Gasteiger partial charge in [-0.3, -0.25) is 19.2 Å². The predicted molar refractivity (Wildman–Crippen MR) is 135 cm³/mol. The summed E-state index contributed by atoms with van der Waals surface area (Å²) in [7, 11) is 0. The summed E-state index contributed by atoms with van der Waals surface area (Å²) in [6, 6.07) is 14.5. The van der Waals surface area contributed by atoms with Gasteiger partial charge in [0.05, 0.1) is 23.7 Å². The zero-order chi connectivity index (χ0) is 25.7. The van der Waals surface area contributed by atoms with Crippen LogP contribution in [0.25, 0.3) is 11.1 Å². The second-order valence-electron chi connectivity index (χ2n) is 9.12. The first-order valence-electron chi connectivity index (χ1n) is 11.9. The Hall–Kier alpha value is -4.20. The van der Waals surface area contributed by atoms with E-state index in [9.17, 15) is 29.4 Å². The fraction of sp³-hybridized carbons (Fsp3) is 0.286. The van der Waals surface area contributed by atoms with Gasteiger partial charge in [0.25, 0.3) is 0 Å². The van der Waals surface area contributed by atoms with Crippen LogP contribution < -0.4 is 10.6 Å². The normalized spacial score (nSPS) is 23.0. The Kier molecular flexibility index (Phi) is 7.63. The van der Waals surface area contributed by atoms with Gasteiger partial charge in [-0.15, -0.1) is 0 Å². The van der Waals surface area contributed by atoms with Crippen LogP contribution in [0.15, 0.2) is 72.8 Å². The molecule has 0 fully saturated rings. The first-order chi connectivity index (χ1) is 17.3. The number of amides is 2. The number of hydrogen-bond donors (Lipinski definition) is 4. The van der Waals surface area contributed by atoms with Crippen molar-refractivity contribution in [3.05, 3.63) is 72.8 Å². The standard InChI is InChI=1S/C28H28N2O6/c31-25(21-5-1-3-7-23(21)27(33)34)29-19-13-9-17(10-14-19)18-11-15-20(16-12-18)30-26(32)22-6-2-4-8-24(22)28(35)36/h1-4,9-16,21-24H,5-8H2,(H,29,31)(H,30,32)(H,33,34)(H,35,36). The van der Waals surface area contributed by atoms with Crippen molar-refractivity contribution in [2.75, 3.05) is 10.6 Å². The number of rotatable bonds is 7. The van der Waals surface area contributed by atoms with E-state index in [-0.39, 0.29) is 11.8 Å². The van der Waals surface area contributed by atoms with Crippen molar-refractivity contribution in [3.8, 4) is 11.1 Å². The van der Waals surface area contributed by atoms with Gasteiger partial charge >= 0.3 is 11.9 Å². The minimum absolute atomic E-state index is 0.307. The zero-order valence-electron chi connectivity index (χ0n) is 19.6. The molecule has 2 aromatic carbocycles. The molecule has 2 aromatic rings. The van der Waals surface area contributed by atoms with Gasteiger partial charge in [-0.2, -0.15) is 0 Å². The van der Waals surface area contributed by atoms with E-state index in [1.807, 2.05) is 36.4 Å². The van der Waals surface area contributed by atoms with Gasteiger partial charge in [-0.1, -0.05) is 48.6 Å². The molecule has 4 unspecified atom stereocenters. The average molecular weight is 489 g/mol. The fourth-order valence-corrected chi connectivity index (χ4v) is 4.72. The molecule has 4 atom stereocenters. The third-order valence-electron chi connectivity index (χ3n) is 6.81. The molecule has 0 radical (unpaired) electrons. The molecule has 0 aliphatic heterocycles. The number of carbonyl (C=O) groups excluding carboxylic acids is 2. The van der Waals surface area contributed by atoms with E-state index in [0.29, 0.717) is 37.1 Å². The highest BCUT2D eigenvalue weighted by Crippen LogP contribution is 2.30. The van der Waals surface area contributed by atoms with Crippen LogP contribution in [0.3, 0.4) is 0 Å². The molecule has 2 amide bonds. The number of nitrogens with one attached hydrogen (secondary N) is 2. The minimum atomic E-state index is -0.966. The highest BCUT2D eigenvalue weighted by Gasteiger charge is 2.35. The summed E-state index contributed by atoms with van der Waals surface area (Å²) >= 11 is 0. The first-order valence-corrected chi connectivity index (χ1v) is 11.9. The second kappa shape index (κ2) is 11.0. The molecule has 0 aromatic heterocycles. The number of benzene rings is 2. The van der Waals surface area contributed by atoms with Crippen molar-refractivity contribution in [1.29, 1.82) is 0 Å². The van der Waals surface area contributed by atoms with E-state index in [2.05, 4.69) is 10.6 Å². The molecule has 0 saturated heterocycles. The molecule has 0 spiro atoms. The van der Waals surface area contributed by atoms with E-state index < -0.39 is 35.6 Å². The molecule has 0 bridgehead atoms. The van der Waals surface area contributed by atoms with E-state index in [4.69, 9.17) is 0 Å². The zero-order valence-corrected chi connectivity index (χ0v) is 19.6. The number of anilines is 2. The summed E-state index contributed by atoms with van der Waals surface area (Å²) in [6.07, 6.45) is 8.78. The fourth-order valence-electron chi connectivity index (χ4n) is 4.72. The molecule has 0 saturated carbocycles. The van der Waals surface area contributed by atoms with E-state index >= 15 is 0 Å². The SMILES string of the molecule is O=C(O)C1CC=CCC1C(=O)Nc1ccc(-c2ccc(NC(=O)C3CC=CCC3C(=O)O)cc2)cc1. The Morgan fingerprint density at radius 2 is 0.833 bits per heavy atom. The van der Waals surface area contributed by atoms with Crippen molar-refractivity contribution in [1.82, 2.24) is 0 Å². The molecular formula is C28H28N2O6. The van der Waals surface area contributed by atoms with Crippen LogP contribution in [0.1, 0.15) is 25.7 Å². The topological polar surface area (TPSA) is 133 Å². The lowest BCUT2D eigenvalue weighted by Gasteiger charge is -2.24. The Morgan fingerprint density at radius 1 is 0.528 bits per heavy atom. The van der Waals surface area contributed by atoms with E-state index in [0.717, 1.165) is 11.1 Å². The summed E-state index contributed by atoms with van der Waals surface area (Å²) in [6.45, 7) is 0. The van der Waals surface area contributed by atoms with Gasteiger partial charge in [0.1, 0.15) is 0 Å². The minimum Gasteiger partial charge on any atom is -0.481 e. The van der Waals surface area contributed by atoms with Crippen LogP contribution in [0, 0.1) is 23.7 Å². The summed E-state index contributed by atoms with van der Waals surface area (Å²) in [5.74, 6) is -5.21. The number of hydrogen-bond acceptors (Lipinski definition) is 4. The molecule has 186 valence electrons. The Labute approximate surface area is 208 Å². The molecule has 2 aliphatic carbocycles. The van der Waals surface area contributed by atoms with E-state index in [1.54, 1.807) is 36.4 Å². The van der Waals surface area contributed by atoms with E-state index in [1.165, 1.54) is 0 Å². The largest absolute Gasteiger partial charge is 0.481 e. The first kappa shape index (κ1) is 24.9. The van der Waals surface area contributed by atoms with Crippen LogP contribution >= 0.6 is 0 Å². The van der Waals surface area contributed by atoms with Gasteiger partial charge in [0.2, 0.25) is 11.8 Å². The molecule has 4 rings (SSSR count). The summed E-state index contributed by atoms with van der Waals surface area (Å²) < 4.78 is 0. The van der Waals surface area contributed by atoms with Crippen LogP contribution in [0.2, 0.25) is 0 Å². The Balaban J connectivity index is 1.37. The summed E-state index contributed by atoms with van der Waals surface area (Å²) in [4.78, 5) is 48.2. The monoisotopic (exact) mass is 488 g/mol. The van der Waals surface area contributed by atoms with Crippen LogP contribution in [0.5, 0.6) is 0 Å². The smallest absolute Gasteiger partial charge is 0.307 e. The number of carboxylic acids is 2.